The lowest BCUT2D eigenvalue weighted by molar-refractivity contribution is -0.383. The summed E-state index contributed by atoms with van der Waals surface area (Å²) in [4.78, 5) is 10.2. The van der Waals surface area contributed by atoms with Gasteiger partial charge in [0.1, 0.15) is 5.69 Å². The summed E-state index contributed by atoms with van der Waals surface area (Å²) in [6.45, 7) is 0.195. The van der Waals surface area contributed by atoms with Gasteiger partial charge in [0, 0.05) is 19.0 Å². The first-order valence-electron chi connectivity index (χ1n) is 5.55. The van der Waals surface area contributed by atoms with Gasteiger partial charge in [0.15, 0.2) is 0 Å². The first-order valence-corrected chi connectivity index (χ1v) is 5.92. The van der Waals surface area contributed by atoms with Gasteiger partial charge in [-0.25, -0.2) is 0 Å². The van der Waals surface area contributed by atoms with E-state index in [4.69, 9.17) is 11.6 Å². The maximum atomic E-state index is 11.9. The van der Waals surface area contributed by atoms with Crippen LogP contribution in [-0.2, 0) is 0 Å². The molecule has 1 aromatic rings. The first-order chi connectivity index (χ1) is 8.81. The van der Waals surface area contributed by atoms with Crippen molar-refractivity contribution >= 4 is 23.0 Å². The van der Waals surface area contributed by atoms with Crippen LogP contribution in [0.4, 0.5) is 24.5 Å². The fourth-order valence-corrected chi connectivity index (χ4v) is 1.74. The van der Waals surface area contributed by atoms with Crippen LogP contribution in [0, 0.1) is 10.1 Å². The first kappa shape index (κ1) is 15.6. The number of para-hydroxylation sites is 1. The second kappa shape index (κ2) is 6.60. The number of hydrogen-bond donors (Lipinski definition) is 1. The molecule has 106 valence electrons. The molecule has 19 heavy (non-hydrogen) atoms. The van der Waals surface area contributed by atoms with E-state index in [-0.39, 0.29) is 35.8 Å². The second-order valence-corrected chi connectivity index (χ2v) is 4.30. The van der Waals surface area contributed by atoms with Gasteiger partial charge in [-0.1, -0.05) is 17.7 Å². The van der Waals surface area contributed by atoms with Crippen LogP contribution in [0.1, 0.15) is 19.3 Å². The van der Waals surface area contributed by atoms with Crippen molar-refractivity contribution in [1.29, 1.82) is 0 Å². The zero-order valence-corrected chi connectivity index (χ0v) is 10.6. The molecule has 0 saturated carbocycles. The number of hydrogen-bond acceptors (Lipinski definition) is 3. The molecule has 0 aliphatic rings. The van der Waals surface area contributed by atoms with E-state index < -0.39 is 17.5 Å². The van der Waals surface area contributed by atoms with Crippen LogP contribution in [0.2, 0.25) is 5.02 Å². The molecule has 0 atom stereocenters. The summed E-state index contributed by atoms with van der Waals surface area (Å²) in [6, 6.07) is 4.20. The lowest BCUT2D eigenvalue weighted by atomic mass is 10.2. The summed E-state index contributed by atoms with van der Waals surface area (Å²) in [5.41, 5.74) is -0.0514. The van der Waals surface area contributed by atoms with Crippen molar-refractivity contribution in [3.05, 3.63) is 33.3 Å². The Hall–Kier alpha value is -1.50. The lowest BCUT2D eigenvalue weighted by Crippen LogP contribution is -2.09. The molecule has 0 heterocycles. The van der Waals surface area contributed by atoms with Gasteiger partial charge in [0.25, 0.3) is 5.69 Å². The van der Waals surface area contributed by atoms with Crippen molar-refractivity contribution in [2.75, 3.05) is 11.9 Å². The molecule has 0 aliphatic carbocycles. The van der Waals surface area contributed by atoms with E-state index in [1.165, 1.54) is 18.2 Å². The smallest absolute Gasteiger partial charge is 0.378 e. The Morgan fingerprint density at radius 2 is 2.00 bits per heavy atom. The van der Waals surface area contributed by atoms with Gasteiger partial charge >= 0.3 is 6.18 Å². The highest BCUT2D eigenvalue weighted by atomic mass is 35.5. The van der Waals surface area contributed by atoms with Crippen LogP contribution in [0.25, 0.3) is 0 Å². The van der Waals surface area contributed by atoms with Gasteiger partial charge < -0.3 is 5.32 Å². The molecule has 0 aromatic heterocycles. The van der Waals surface area contributed by atoms with Crippen LogP contribution < -0.4 is 5.32 Å². The quantitative estimate of drug-likeness (QED) is 0.481. The molecule has 4 nitrogen and oxygen atoms in total. The Labute approximate surface area is 112 Å². The molecular formula is C11H12ClF3N2O2. The van der Waals surface area contributed by atoms with E-state index in [0.717, 1.165) is 0 Å². The van der Waals surface area contributed by atoms with Gasteiger partial charge in [-0.05, 0) is 18.9 Å². The highest BCUT2D eigenvalue weighted by Crippen LogP contribution is 2.31. The summed E-state index contributed by atoms with van der Waals surface area (Å²) in [7, 11) is 0. The standard InChI is InChI=1S/C11H12ClF3N2O2/c12-8-4-3-5-9(17(18)19)10(8)16-7-2-1-6-11(13,14)15/h3-5,16H,1-2,6-7H2. The molecule has 0 spiro atoms. The highest BCUT2D eigenvalue weighted by molar-refractivity contribution is 6.33. The fourth-order valence-electron chi connectivity index (χ4n) is 1.50. The van der Waals surface area contributed by atoms with Crippen molar-refractivity contribution in [2.24, 2.45) is 0 Å². The second-order valence-electron chi connectivity index (χ2n) is 3.89. The zero-order valence-electron chi connectivity index (χ0n) is 9.84. The van der Waals surface area contributed by atoms with Crippen molar-refractivity contribution < 1.29 is 18.1 Å². The summed E-state index contributed by atoms with van der Waals surface area (Å²) in [6.07, 6.45) is -4.81. The van der Waals surface area contributed by atoms with Gasteiger partial charge in [-0.3, -0.25) is 10.1 Å². The number of nitrogens with zero attached hydrogens (tertiary/aromatic N) is 1. The fraction of sp³-hybridized carbons (Fsp3) is 0.455. The minimum Gasteiger partial charge on any atom is -0.378 e. The minimum absolute atomic E-state index is 0.0330. The third-order valence-corrected chi connectivity index (χ3v) is 2.69. The number of nitro groups is 1. The van der Waals surface area contributed by atoms with E-state index in [1.54, 1.807) is 0 Å². The summed E-state index contributed by atoms with van der Waals surface area (Å²) < 4.78 is 35.7. The molecule has 0 saturated heterocycles. The molecule has 8 heteroatoms. The molecule has 0 amide bonds. The Morgan fingerprint density at radius 1 is 1.32 bits per heavy atom. The molecule has 0 aliphatic heterocycles. The minimum atomic E-state index is -4.17. The molecule has 0 radical (unpaired) electrons. The number of nitro benzene ring substituents is 1. The number of unbranched alkanes of at least 4 members (excludes halogenated alkanes) is 1. The Morgan fingerprint density at radius 3 is 2.58 bits per heavy atom. The number of anilines is 1. The van der Waals surface area contributed by atoms with Crippen molar-refractivity contribution in [2.45, 2.75) is 25.4 Å². The van der Waals surface area contributed by atoms with Crippen LogP contribution >= 0.6 is 11.6 Å². The van der Waals surface area contributed by atoms with E-state index >= 15 is 0 Å². The maximum absolute atomic E-state index is 11.9. The van der Waals surface area contributed by atoms with Crippen LogP contribution in [0.5, 0.6) is 0 Å². The van der Waals surface area contributed by atoms with Crippen LogP contribution in [0.15, 0.2) is 18.2 Å². The summed E-state index contributed by atoms with van der Waals surface area (Å²) in [5.74, 6) is 0. The predicted octanol–water partition coefficient (Wildman–Crippen LogP) is 4.39. The third-order valence-electron chi connectivity index (χ3n) is 2.38. The molecule has 0 bridgehead atoms. The molecule has 0 unspecified atom stereocenters. The number of halogens is 4. The SMILES string of the molecule is O=[N+]([O-])c1cccc(Cl)c1NCCCCC(F)(F)F. The van der Waals surface area contributed by atoms with Crippen molar-refractivity contribution in [3.8, 4) is 0 Å². The van der Waals surface area contributed by atoms with Crippen molar-refractivity contribution in [3.63, 3.8) is 0 Å². The highest BCUT2D eigenvalue weighted by Gasteiger charge is 2.25. The Balaban J connectivity index is 2.52. The largest absolute Gasteiger partial charge is 0.389 e. The van der Waals surface area contributed by atoms with E-state index in [1.807, 2.05) is 0 Å². The monoisotopic (exact) mass is 296 g/mol. The number of nitrogens with one attached hydrogen (secondary N) is 1. The number of alkyl halides is 3. The molecule has 0 fully saturated rings. The van der Waals surface area contributed by atoms with Gasteiger partial charge in [-0.2, -0.15) is 13.2 Å². The summed E-state index contributed by atoms with van der Waals surface area (Å²) >= 11 is 5.81. The average Bonchev–Trinajstić information content (AvgIpc) is 2.28. The Kier molecular flexibility index (Phi) is 5.41. The summed E-state index contributed by atoms with van der Waals surface area (Å²) in [5, 5.41) is 13.6. The van der Waals surface area contributed by atoms with E-state index in [0.29, 0.717) is 0 Å². The van der Waals surface area contributed by atoms with E-state index in [9.17, 15) is 23.3 Å². The van der Waals surface area contributed by atoms with Gasteiger partial charge in [-0.15, -0.1) is 0 Å². The topological polar surface area (TPSA) is 55.2 Å². The van der Waals surface area contributed by atoms with Crippen molar-refractivity contribution in [1.82, 2.24) is 0 Å². The van der Waals surface area contributed by atoms with Crippen LogP contribution in [-0.4, -0.2) is 17.6 Å². The van der Waals surface area contributed by atoms with E-state index in [2.05, 4.69) is 5.32 Å². The van der Waals surface area contributed by atoms with Crippen LogP contribution in [0.3, 0.4) is 0 Å². The number of rotatable bonds is 6. The predicted molar refractivity (Wildman–Crippen MR) is 66.5 cm³/mol. The molecule has 1 N–H and O–H groups in total. The zero-order chi connectivity index (χ0) is 14.5. The number of benzene rings is 1. The molecular weight excluding hydrogens is 285 g/mol. The normalized spacial score (nSPS) is 11.4. The van der Waals surface area contributed by atoms with Gasteiger partial charge in [0.2, 0.25) is 0 Å². The molecule has 1 aromatic carbocycles. The maximum Gasteiger partial charge on any atom is 0.389 e. The lowest BCUT2D eigenvalue weighted by Gasteiger charge is -2.09. The molecule has 1 rings (SSSR count). The third kappa shape index (κ3) is 5.34. The average molecular weight is 297 g/mol. The Bertz CT molecular complexity index is 452. The van der Waals surface area contributed by atoms with Gasteiger partial charge in [0.05, 0.1) is 9.95 Å².